The van der Waals surface area contributed by atoms with Gasteiger partial charge in [-0.05, 0) is 67.0 Å². The van der Waals surface area contributed by atoms with Crippen LogP contribution in [0.4, 0.5) is 0 Å². The Balaban J connectivity index is 2.20. The molecule has 0 spiro atoms. The van der Waals surface area contributed by atoms with E-state index in [9.17, 15) is 9.59 Å². The molecule has 0 atom stereocenters. The van der Waals surface area contributed by atoms with Crippen LogP contribution in [0.1, 0.15) is 57.4 Å². The third kappa shape index (κ3) is 2.96. The Bertz CT molecular complexity index is 824. The van der Waals surface area contributed by atoms with Crippen molar-refractivity contribution in [3.05, 3.63) is 52.3 Å². The number of aromatic nitrogens is 1. The first-order chi connectivity index (χ1) is 11.5. The maximum atomic E-state index is 12.0. The van der Waals surface area contributed by atoms with Crippen molar-refractivity contribution in [3.8, 4) is 11.1 Å². The van der Waals surface area contributed by atoms with Crippen LogP contribution >= 0.6 is 0 Å². The Labute approximate surface area is 141 Å². The number of benzene rings is 1. The van der Waals surface area contributed by atoms with Crippen molar-refractivity contribution in [2.45, 2.75) is 39.5 Å². The minimum atomic E-state index is -0.343. The fraction of sp³-hybridized carbons (Fsp3) is 0.350. The van der Waals surface area contributed by atoms with Crippen molar-refractivity contribution in [2.75, 3.05) is 7.11 Å². The van der Waals surface area contributed by atoms with Gasteiger partial charge in [0.15, 0.2) is 5.78 Å². The van der Waals surface area contributed by atoms with Gasteiger partial charge in [0.1, 0.15) is 5.69 Å². The SMILES string of the molecule is COC(=O)c1cc(-c2cc(C(C)=O)nc3c2CCCC3)ccc1C. The van der Waals surface area contributed by atoms with Gasteiger partial charge in [0.25, 0.3) is 0 Å². The second-order valence-electron chi connectivity index (χ2n) is 6.26. The molecule has 0 amide bonds. The number of ketones is 1. The van der Waals surface area contributed by atoms with E-state index in [1.165, 1.54) is 19.6 Å². The molecule has 1 aliphatic carbocycles. The molecule has 2 aromatic rings. The van der Waals surface area contributed by atoms with Gasteiger partial charge in [-0.1, -0.05) is 12.1 Å². The topological polar surface area (TPSA) is 56.3 Å². The lowest BCUT2D eigenvalue weighted by atomic mass is 9.87. The molecule has 0 unspecified atom stereocenters. The Morgan fingerprint density at radius 1 is 1.12 bits per heavy atom. The van der Waals surface area contributed by atoms with E-state index in [4.69, 9.17) is 4.74 Å². The number of esters is 1. The minimum absolute atomic E-state index is 0.0371. The Morgan fingerprint density at radius 2 is 1.88 bits per heavy atom. The van der Waals surface area contributed by atoms with Crippen LogP contribution in [-0.2, 0) is 17.6 Å². The van der Waals surface area contributed by atoms with E-state index in [1.54, 1.807) is 0 Å². The summed E-state index contributed by atoms with van der Waals surface area (Å²) in [6.07, 6.45) is 4.08. The van der Waals surface area contributed by atoms with Crippen LogP contribution in [-0.4, -0.2) is 23.8 Å². The summed E-state index contributed by atoms with van der Waals surface area (Å²) in [5.41, 5.74) is 6.08. The highest BCUT2D eigenvalue weighted by molar-refractivity contribution is 5.95. The molecule has 1 heterocycles. The standard InChI is InChI=1S/C20H21NO3/c1-12-8-9-14(10-16(12)20(23)24-3)17-11-19(13(2)22)21-18-7-5-4-6-15(17)18/h8-11H,4-7H2,1-3H3. The fourth-order valence-electron chi connectivity index (χ4n) is 3.26. The van der Waals surface area contributed by atoms with E-state index in [1.807, 2.05) is 31.2 Å². The first kappa shape index (κ1) is 16.4. The number of aryl methyl sites for hydroxylation is 2. The molecule has 0 N–H and O–H groups in total. The number of rotatable bonds is 3. The molecule has 3 rings (SSSR count). The molecule has 124 valence electrons. The first-order valence-corrected chi connectivity index (χ1v) is 8.24. The Hall–Kier alpha value is -2.49. The van der Waals surface area contributed by atoms with Crippen molar-refractivity contribution in [1.29, 1.82) is 0 Å². The van der Waals surface area contributed by atoms with Crippen molar-refractivity contribution >= 4 is 11.8 Å². The van der Waals surface area contributed by atoms with E-state index in [2.05, 4.69) is 4.98 Å². The van der Waals surface area contributed by atoms with Crippen molar-refractivity contribution < 1.29 is 14.3 Å². The second-order valence-corrected chi connectivity index (χ2v) is 6.26. The molecule has 1 aromatic carbocycles. The summed E-state index contributed by atoms with van der Waals surface area (Å²) in [5.74, 6) is -0.381. The first-order valence-electron chi connectivity index (χ1n) is 8.24. The molecule has 0 saturated heterocycles. The Morgan fingerprint density at radius 3 is 2.58 bits per heavy atom. The average molecular weight is 323 g/mol. The zero-order valence-electron chi connectivity index (χ0n) is 14.3. The van der Waals surface area contributed by atoms with Gasteiger partial charge in [0.05, 0.1) is 12.7 Å². The van der Waals surface area contributed by atoms with Crippen LogP contribution in [0.2, 0.25) is 0 Å². The molecular weight excluding hydrogens is 302 g/mol. The lowest BCUT2D eigenvalue weighted by Crippen LogP contribution is -2.11. The zero-order chi connectivity index (χ0) is 17.3. The fourth-order valence-corrected chi connectivity index (χ4v) is 3.26. The minimum Gasteiger partial charge on any atom is -0.465 e. The van der Waals surface area contributed by atoms with Gasteiger partial charge >= 0.3 is 5.97 Å². The van der Waals surface area contributed by atoms with Gasteiger partial charge in [0.2, 0.25) is 0 Å². The van der Waals surface area contributed by atoms with Gasteiger partial charge < -0.3 is 4.74 Å². The lowest BCUT2D eigenvalue weighted by molar-refractivity contribution is 0.0600. The molecule has 1 aromatic heterocycles. The highest BCUT2D eigenvalue weighted by Gasteiger charge is 2.20. The van der Waals surface area contributed by atoms with E-state index >= 15 is 0 Å². The number of fused-ring (bicyclic) bond motifs is 1. The third-order valence-corrected chi connectivity index (χ3v) is 4.61. The number of hydrogen-bond acceptors (Lipinski definition) is 4. The van der Waals surface area contributed by atoms with Gasteiger partial charge in [-0.3, -0.25) is 4.79 Å². The monoisotopic (exact) mass is 323 g/mol. The third-order valence-electron chi connectivity index (χ3n) is 4.61. The number of carbonyl (C=O) groups is 2. The number of pyridine rings is 1. The quantitative estimate of drug-likeness (QED) is 0.634. The van der Waals surface area contributed by atoms with Crippen LogP contribution in [0, 0.1) is 6.92 Å². The van der Waals surface area contributed by atoms with E-state index in [-0.39, 0.29) is 11.8 Å². The van der Waals surface area contributed by atoms with Crippen molar-refractivity contribution in [3.63, 3.8) is 0 Å². The lowest BCUT2D eigenvalue weighted by Gasteiger charge is -2.20. The molecule has 0 aliphatic heterocycles. The number of Topliss-reactive ketones (excluding diaryl/α,β-unsaturated/α-hetero) is 1. The molecule has 0 fully saturated rings. The van der Waals surface area contributed by atoms with Gasteiger partial charge in [-0.2, -0.15) is 0 Å². The van der Waals surface area contributed by atoms with Crippen LogP contribution in [0.15, 0.2) is 24.3 Å². The molecule has 4 heteroatoms. The molecule has 24 heavy (non-hydrogen) atoms. The van der Waals surface area contributed by atoms with Crippen LogP contribution in [0.25, 0.3) is 11.1 Å². The summed E-state index contributed by atoms with van der Waals surface area (Å²) in [6.45, 7) is 3.43. The molecule has 4 nitrogen and oxygen atoms in total. The molecule has 0 saturated carbocycles. The summed E-state index contributed by atoms with van der Waals surface area (Å²) in [5, 5.41) is 0. The van der Waals surface area contributed by atoms with E-state index in [0.717, 1.165) is 48.1 Å². The van der Waals surface area contributed by atoms with Crippen LogP contribution in [0.3, 0.4) is 0 Å². The van der Waals surface area contributed by atoms with Gasteiger partial charge in [-0.25, -0.2) is 9.78 Å². The largest absolute Gasteiger partial charge is 0.465 e. The average Bonchev–Trinajstić information content (AvgIpc) is 2.60. The molecule has 0 bridgehead atoms. The summed E-state index contributed by atoms with van der Waals surface area (Å²) in [4.78, 5) is 28.4. The van der Waals surface area contributed by atoms with Gasteiger partial charge in [-0.15, -0.1) is 0 Å². The Kier molecular flexibility index (Phi) is 4.47. The molecule has 0 radical (unpaired) electrons. The van der Waals surface area contributed by atoms with Crippen molar-refractivity contribution in [2.24, 2.45) is 0 Å². The number of nitrogens with zero attached hydrogens (tertiary/aromatic N) is 1. The predicted molar refractivity (Wildman–Crippen MR) is 92.4 cm³/mol. The molecular formula is C20H21NO3. The highest BCUT2D eigenvalue weighted by atomic mass is 16.5. The van der Waals surface area contributed by atoms with Crippen LogP contribution in [0.5, 0.6) is 0 Å². The summed E-state index contributed by atoms with van der Waals surface area (Å²) < 4.78 is 4.88. The number of ether oxygens (including phenoxy) is 1. The molecule has 1 aliphatic rings. The maximum absolute atomic E-state index is 12.0. The highest BCUT2D eigenvalue weighted by Crippen LogP contribution is 2.32. The number of carbonyl (C=O) groups excluding carboxylic acids is 2. The smallest absolute Gasteiger partial charge is 0.338 e. The normalized spacial score (nSPS) is 13.3. The van der Waals surface area contributed by atoms with Crippen molar-refractivity contribution in [1.82, 2.24) is 4.98 Å². The number of hydrogen-bond donors (Lipinski definition) is 0. The summed E-state index contributed by atoms with van der Waals surface area (Å²) in [7, 11) is 1.39. The number of methoxy groups -OCH3 is 1. The summed E-state index contributed by atoms with van der Waals surface area (Å²) in [6, 6.07) is 7.63. The van der Waals surface area contributed by atoms with E-state index < -0.39 is 0 Å². The van der Waals surface area contributed by atoms with Crippen LogP contribution < -0.4 is 0 Å². The summed E-state index contributed by atoms with van der Waals surface area (Å²) >= 11 is 0. The zero-order valence-corrected chi connectivity index (χ0v) is 14.3. The predicted octanol–water partition coefficient (Wildman–Crippen LogP) is 3.93. The van der Waals surface area contributed by atoms with E-state index in [0.29, 0.717) is 11.3 Å². The van der Waals surface area contributed by atoms with Gasteiger partial charge in [0, 0.05) is 12.6 Å². The maximum Gasteiger partial charge on any atom is 0.338 e. The second kappa shape index (κ2) is 6.56.